The number of carbonyl (C=O) groups is 3. The largest absolute Gasteiger partial charge is 0.494 e. The van der Waals surface area contributed by atoms with Gasteiger partial charge in [-0.05, 0) is 68.9 Å². The van der Waals surface area contributed by atoms with E-state index in [1.54, 1.807) is 38.6 Å². The van der Waals surface area contributed by atoms with E-state index in [1.165, 1.54) is 0 Å². The summed E-state index contributed by atoms with van der Waals surface area (Å²) >= 11 is 1.69. The number of fused-ring (bicyclic) bond motifs is 1. The number of hydrogen-bond donors (Lipinski definition) is 1. The predicted molar refractivity (Wildman–Crippen MR) is 179 cm³/mol. The molecule has 0 saturated carbocycles. The van der Waals surface area contributed by atoms with Gasteiger partial charge in [-0.25, -0.2) is 0 Å². The van der Waals surface area contributed by atoms with Crippen molar-refractivity contribution in [1.29, 1.82) is 0 Å². The van der Waals surface area contributed by atoms with Gasteiger partial charge in [0.25, 0.3) is 0 Å². The molecular formula is C36H45N3O5S. The van der Waals surface area contributed by atoms with E-state index in [1.807, 2.05) is 61.5 Å². The van der Waals surface area contributed by atoms with E-state index < -0.39 is 22.6 Å². The van der Waals surface area contributed by atoms with Gasteiger partial charge in [-0.3, -0.25) is 14.4 Å². The fourth-order valence-corrected chi connectivity index (χ4v) is 9.62. The zero-order chi connectivity index (χ0) is 32.0. The minimum Gasteiger partial charge on any atom is -0.494 e. The number of hydrogen-bond acceptors (Lipinski definition) is 6. The second-order valence-electron chi connectivity index (χ2n) is 12.0. The number of unbranched alkanes of at least 4 members (excludes halogenated alkanes) is 2. The Kier molecular flexibility index (Phi) is 10.7. The summed E-state index contributed by atoms with van der Waals surface area (Å²) in [4.78, 5) is 48.9. The quantitative estimate of drug-likeness (QED) is 0.206. The third-order valence-electron chi connectivity index (χ3n) is 9.29. The van der Waals surface area contributed by atoms with E-state index in [0.717, 1.165) is 29.8 Å². The Balaban J connectivity index is 1.48. The molecule has 9 heteroatoms. The molecule has 3 amide bonds. The van der Waals surface area contributed by atoms with E-state index in [-0.39, 0.29) is 29.6 Å². The highest BCUT2D eigenvalue weighted by Gasteiger charge is 2.74. The first-order chi connectivity index (χ1) is 21.9. The molecule has 2 aromatic carbocycles. The molecule has 3 aliphatic rings. The summed E-state index contributed by atoms with van der Waals surface area (Å²) in [5.41, 5.74) is 1.73. The van der Waals surface area contributed by atoms with Gasteiger partial charge in [0.1, 0.15) is 11.8 Å². The second kappa shape index (κ2) is 14.7. The highest BCUT2D eigenvalue weighted by atomic mass is 32.2. The van der Waals surface area contributed by atoms with Crippen LogP contribution in [0.2, 0.25) is 0 Å². The smallest absolute Gasteiger partial charge is 0.247 e. The molecule has 5 rings (SSSR count). The number of anilines is 1. The molecule has 240 valence electrons. The van der Waals surface area contributed by atoms with E-state index in [4.69, 9.17) is 4.74 Å². The predicted octanol–water partition coefficient (Wildman–Crippen LogP) is 5.07. The molecular weight excluding hydrogens is 586 g/mol. The fraction of sp³-hybridized carbons (Fsp3) is 0.472. The maximum Gasteiger partial charge on any atom is 0.247 e. The zero-order valence-electron chi connectivity index (χ0n) is 26.2. The number of rotatable bonds is 16. The lowest BCUT2D eigenvalue weighted by Crippen LogP contribution is -2.55. The number of ether oxygens (including phenoxy) is 1. The van der Waals surface area contributed by atoms with Crippen molar-refractivity contribution in [2.24, 2.45) is 11.8 Å². The van der Waals surface area contributed by atoms with Crippen LogP contribution in [0.1, 0.15) is 44.6 Å². The number of likely N-dealkylation sites (tertiary alicyclic amines) is 1. The Bertz CT molecular complexity index is 1370. The molecule has 8 nitrogen and oxygen atoms in total. The van der Waals surface area contributed by atoms with Gasteiger partial charge in [0.15, 0.2) is 0 Å². The molecule has 0 aliphatic carbocycles. The molecule has 2 unspecified atom stereocenters. The fourth-order valence-electron chi connectivity index (χ4n) is 7.41. The Hall–Kier alpha value is -3.56. The minimum absolute atomic E-state index is 0.0460. The van der Waals surface area contributed by atoms with E-state index in [9.17, 15) is 19.5 Å². The van der Waals surface area contributed by atoms with Crippen LogP contribution in [-0.2, 0) is 20.9 Å². The van der Waals surface area contributed by atoms with Gasteiger partial charge in [-0.15, -0.1) is 24.9 Å². The Morgan fingerprint density at radius 2 is 1.78 bits per heavy atom. The number of nitrogens with zero attached hydrogens (tertiary/aromatic N) is 3. The average molecular weight is 632 g/mol. The molecule has 0 radical (unpaired) electrons. The lowest BCUT2D eigenvalue weighted by atomic mass is 9.70. The molecule has 0 aromatic heterocycles. The van der Waals surface area contributed by atoms with Crippen molar-refractivity contribution < 1.29 is 24.2 Å². The first-order valence-corrected chi connectivity index (χ1v) is 17.0. The van der Waals surface area contributed by atoms with E-state index in [0.29, 0.717) is 52.0 Å². The van der Waals surface area contributed by atoms with Crippen LogP contribution in [0, 0.1) is 11.8 Å². The van der Waals surface area contributed by atoms with Crippen LogP contribution in [0.5, 0.6) is 5.75 Å². The normalized spacial score (nSPS) is 24.8. The average Bonchev–Trinajstić information content (AvgIpc) is 3.69. The van der Waals surface area contributed by atoms with E-state index >= 15 is 0 Å². The van der Waals surface area contributed by atoms with Crippen LogP contribution >= 0.6 is 11.8 Å². The SMILES string of the molecule is C=CCN(Cc1ccccc1)C(=O)C1N(CCCCCO)C(=O)[C@@H]2[C@H](C(=O)N(CC=C)c3ccc(OCC)cc3)[C@@H]3CCC12S3. The molecule has 1 spiro atoms. The highest BCUT2D eigenvalue weighted by molar-refractivity contribution is 8.02. The molecule has 3 saturated heterocycles. The van der Waals surface area contributed by atoms with Gasteiger partial charge in [-0.1, -0.05) is 42.5 Å². The van der Waals surface area contributed by atoms with Gasteiger partial charge in [0, 0.05) is 43.7 Å². The van der Waals surface area contributed by atoms with Crippen LogP contribution in [-0.4, -0.2) is 81.5 Å². The van der Waals surface area contributed by atoms with Gasteiger partial charge in [0.2, 0.25) is 17.7 Å². The van der Waals surface area contributed by atoms with E-state index in [2.05, 4.69) is 13.2 Å². The zero-order valence-corrected chi connectivity index (χ0v) is 27.0. The van der Waals surface area contributed by atoms with Crippen molar-refractivity contribution in [2.75, 3.05) is 37.7 Å². The third-order valence-corrected chi connectivity index (χ3v) is 11.2. The van der Waals surface area contributed by atoms with Crippen molar-refractivity contribution >= 4 is 35.2 Å². The van der Waals surface area contributed by atoms with Crippen molar-refractivity contribution in [2.45, 2.75) is 61.6 Å². The Morgan fingerprint density at radius 3 is 2.44 bits per heavy atom. The number of amides is 3. The van der Waals surface area contributed by atoms with Gasteiger partial charge in [0.05, 0.1) is 23.2 Å². The molecule has 3 aliphatic heterocycles. The van der Waals surface area contributed by atoms with Gasteiger partial charge >= 0.3 is 0 Å². The lowest BCUT2D eigenvalue weighted by molar-refractivity contribution is -0.143. The lowest BCUT2D eigenvalue weighted by Gasteiger charge is -2.37. The van der Waals surface area contributed by atoms with Crippen LogP contribution in [0.25, 0.3) is 0 Å². The first-order valence-electron chi connectivity index (χ1n) is 16.1. The van der Waals surface area contributed by atoms with Crippen molar-refractivity contribution in [3.8, 4) is 5.75 Å². The number of carbonyl (C=O) groups excluding carboxylic acids is 3. The van der Waals surface area contributed by atoms with Crippen molar-refractivity contribution in [1.82, 2.24) is 9.80 Å². The van der Waals surface area contributed by atoms with Crippen LogP contribution in [0.4, 0.5) is 5.69 Å². The third kappa shape index (κ3) is 6.42. The number of aliphatic hydroxyl groups is 1. The topological polar surface area (TPSA) is 90.4 Å². The standard InChI is InChI=1S/C36H45N3O5S/c1-4-21-37(25-26-13-9-7-10-14-26)35(43)32-36-20-19-29(45-36)30(31(36)34(42)39(32)23-11-8-12-24-40)33(41)38(22-5-2)27-15-17-28(18-16-27)44-6-3/h4-5,7,9-10,13-18,29-32,40H,1-2,6,8,11-12,19-25H2,3H3/t29-,30+,31-,32?,36?/m0/s1. The first kappa shape index (κ1) is 32.8. The molecule has 3 fully saturated rings. The van der Waals surface area contributed by atoms with Crippen molar-refractivity contribution in [3.63, 3.8) is 0 Å². The van der Waals surface area contributed by atoms with Crippen LogP contribution < -0.4 is 9.64 Å². The van der Waals surface area contributed by atoms with Crippen LogP contribution in [0.3, 0.4) is 0 Å². The minimum atomic E-state index is -0.676. The second-order valence-corrected chi connectivity index (χ2v) is 13.6. The van der Waals surface area contributed by atoms with Gasteiger partial charge < -0.3 is 24.5 Å². The monoisotopic (exact) mass is 631 g/mol. The summed E-state index contributed by atoms with van der Waals surface area (Å²) in [7, 11) is 0. The van der Waals surface area contributed by atoms with Gasteiger partial charge in [-0.2, -0.15) is 0 Å². The number of thioether (sulfide) groups is 1. The number of aliphatic hydroxyl groups excluding tert-OH is 1. The highest BCUT2D eigenvalue weighted by Crippen LogP contribution is 2.66. The Labute approximate surface area is 271 Å². The number of benzene rings is 2. The molecule has 3 heterocycles. The molecule has 2 aromatic rings. The summed E-state index contributed by atoms with van der Waals surface area (Å²) in [6, 6.07) is 16.6. The maximum atomic E-state index is 14.6. The molecule has 1 N–H and O–H groups in total. The summed E-state index contributed by atoms with van der Waals surface area (Å²) < 4.78 is 4.93. The molecule has 45 heavy (non-hydrogen) atoms. The summed E-state index contributed by atoms with van der Waals surface area (Å²) in [6.45, 7) is 11.9. The summed E-state index contributed by atoms with van der Waals surface area (Å²) in [5, 5.41) is 9.31. The van der Waals surface area contributed by atoms with Crippen molar-refractivity contribution in [3.05, 3.63) is 85.5 Å². The Morgan fingerprint density at radius 1 is 1.04 bits per heavy atom. The summed E-state index contributed by atoms with van der Waals surface area (Å²) in [5.74, 6) is -0.691. The van der Waals surface area contributed by atoms with Crippen LogP contribution in [0.15, 0.2) is 79.9 Å². The maximum absolute atomic E-state index is 14.6. The molecule has 2 bridgehead atoms. The summed E-state index contributed by atoms with van der Waals surface area (Å²) in [6.07, 6.45) is 7.00. The molecule has 5 atom stereocenters.